The van der Waals surface area contributed by atoms with Crippen LogP contribution in [0, 0.1) is 6.57 Å². The van der Waals surface area contributed by atoms with E-state index in [0.29, 0.717) is 6.54 Å². The zero-order chi connectivity index (χ0) is 6.69. The third-order valence-corrected chi connectivity index (χ3v) is 2.77. The Kier molecular flexibility index (Phi) is 2.26. The highest BCUT2D eigenvalue weighted by atomic mass is 79.9. The Labute approximate surface area is 66.3 Å². The Bertz CT molecular complexity index is 235. The van der Waals surface area contributed by atoms with E-state index >= 15 is 0 Å². The van der Waals surface area contributed by atoms with Gasteiger partial charge in [-0.3, -0.25) is 0 Å². The molecule has 0 bridgehead atoms. The summed E-state index contributed by atoms with van der Waals surface area (Å²) in [5.74, 6) is 0. The van der Waals surface area contributed by atoms with Crippen molar-refractivity contribution < 1.29 is 0 Å². The van der Waals surface area contributed by atoms with Gasteiger partial charge in [0.1, 0.15) is 0 Å². The van der Waals surface area contributed by atoms with E-state index in [9.17, 15) is 0 Å². The molecule has 0 saturated heterocycles. The maximum absolute atomic E-state index is 6.58. The van der Waals surface area contributed by atoms with Crippen LogP contribution in [-0.4, -0.2) is 0 Å². The Morgan fingerprint density at radius 1 is 1.67 bits per heavy atom. The average Bonchev–Trinajstić information content (AvgIpc) is 2.18. The Balaban J connectivity index is 2.84. The van der Waals surface area contributed by atoms with Gasteiger partial charge in [0.2, 0.25) is 6.54 Å². The molecule has 1 aromatic rings. The van der Waals surface area contributed by atoms with Gasteiger partial charge in [-0.25, -0.2) is 6.57 Å². The van der Waals surface area contributed by atoms with E-state index in [4.69, 9.17) is 6.57 Å². The molecular formula is C6H4BrNS. The molecule has 3 heteroatoms. The molecule has 0 unspecified atom stereocenters. The normalized spacial score (nSPS) is 8.89. The SMILES string of the molecule is [C-]#[N+]Cc1cscc1Br. The molecule has 0 radical (unpaired) electrons. The van der Waals surface area contributed by atoms with Crippen LogP contribution in [0.3, 0.4) is 0 Å². The van der Waals surface area contributed by atoms with Gasteiger partial charge >= 0.3 is 0 Å². The fraction of sp³-hybridized carbons (Fsp3) is 0.167. The monoisotopic (exact) mass is 201 g/mol. The molecular weight excluding hydrogens is 198 g/mol. The molecule has 1 nitrogen and oxygen atoms in total. The molecule has 0 amide bonds. The van der Waals surface area contributed by atoms with Crippen molar-refractivity contribution in [2.24, 2.45) is 0 Å². The minimum Gasteiger partial charge on any atom is -0.312 e. The lowest BCUT2D eigenvalue weighted by molar-refractivity contribution is 1.28. The summed E-state index contributed by atoms with van der Waals surface area (Å²) < 4.78 is 1.06. The van der Waals surface area contributed by atoms with E-state index in [1.54, 1.807) is 11.3 Å². The summed E-state index contributed by atoms with van der Waals surface area (Å²) in [6.45, 7) is 7.07. The minimum absolute atomic E-state index is 0.490. The molecule has 46 valence electrons. The van der Waals surface area contributed by atoms with Crippen LogP contribution in [-0.2, 0) is 6.54 Å². The maximum Gasteiger partial charge on any atom is 0.241 e. The molecule has 0 aliphatic carbocycles. The molecule has 9 heavy (non-hydrogen) atoms. The van der Waals surface area contributed by atoms with Gasteiger partial charge in [0, 0.05) is 15.2 Å². The van der Waals surface area contributed by atoms with Crippen molar-refractivity contribution in [3.8, 4) is 0 Å². The van der Waals surface area contributed by atoms with Crippen molar-refractivity contribution in [2.75, 3.05) is 0 Å². The fourth-order valence-electron chi connectivity index (χ4n) is 0.506. The van der Waals surface area contributed by atoms with Gasteiger partial charge in [-0.1, -0.05) is 0 Å². The van der Waals surface area contributed by atoms with Crippen molar-refractivity contribution in [3.63, 3.8) is 0 Å². The van der Waals surface area contributed by atoms with Crippen LogP contribution >= 0.6 is 27.3 Å². The predicted molar refractivity (Wildman–Crippen MR) is 42.3 cm³/mol. The Morgan fingerprint density at radius 2 is 2.44 bits per heavy atom. The van der Waals surface area contributed by atoms with Crippen LogP contribution in [0.25, 0.3) is 4.85 Å². The van der Waals surface area contributed by atoms with E-state index in [1.165, 1.54) is 0 Å². The summed E-state index contributed by atoms with van der Waals surface area (Å²) in [7, 11) is 0. The van der Waals surface area contributed by atoms with Gasteiger partial charge in [0.15, 0.2) is 0 Å². The fourth-order valence-corrected chi connectivity index (χ4v) is 1.93. The van der Waals surface area contributed by atoms with Crippen LogP contribution < -0.4 is 0 Å². The zero-order valence-electron chi connectivity index (χ0n) is 4.60. The third kappa shape index (κ3) is 1.54. The lowest BCUT2D eigenvalue weighted by atomic mass is 10.3. The topological polar surface area (TPSA) is 4.36 Å². The summed E-state index contributed by atoms with van der Waals surface area (Å²) in [6, 6.07) is 0. The second-order valence-corrected chi connectivity index (χ2v) is 3.16. The number of rotatable bonds is 1. The van der Waals surface area contributed by atoms with Crippen molar-refractivity contribution >= 4 is 27.3 Å². The standard InChI is InChI=1S/C6H4BrNS/c1-8-2-5-3-9-4-6(5)7/h3-4H,2H2. The average molecular weight is 202 g/mol. The highest BCUT2D eigenvalue weighted by Gasteiger charge is 2.00. The van der Waals surface area contributed by atoms with E-state index in [2.05, 4.69) is 20.8 Å². The first-order valence-corrected chi connectivity index (χ1v) is 4.12. The van der Waals surface area contributed by atoms with Gasteiger partial charge in [-0.2, -0.15) is 11.3 Å². The van der Waals surface area contributed by atoms with E-state index in [-0.39, 0.29) is 0 Å². The number of nitrogens with zero attached hydrogens (tertiary/aromatic N) is 1. The van der Waals surface area contributed by atoms with Crippen LogP contribution in [0.5, 0.6) is 0 Å². The van der Waals surface area contributed by atoms with Gasteiger partial charge < -0.3 is 4.85 Å². The third-order valence-electron chi connectivity index (χ3n) is 0.938. The summed E-state index contributed by atoms with van der Waals surface area (Å²) in [5.41, 5.74) is 1.09. The summed E-state index contributed by atoms with van der Waals surface area (Å²) in [4.78, 5) is 3.27. The van der Waals surface area contributed by atoms with E-state index < -0.39 is 0 Å². The molecule has 1 rings (SSSR count). The molecule has 0 spiro atoms. The van der Waals surface area contributed by atoms with Crippen molar-refractivity contribution in [1.82, 2.24) is 0 Å². The maximum atomic E-state index is 6.58. The van der Waals surface area contributed by atoms with Gasteiger partial charge in [-0.15, -0.1) is 0 Å². The molecule has 0 atom stereocenters. The zero-order valence-corrected chi connectivity index (χ0v) is 7.00. The van der Waals surface area contributed by atoms with E-state index in [1.807, 2.05) is 10.8 Å². The first-order chi connectivity index (χ1) is 4.34. The lowest BCUT2D eigenvalue weighted by Crippen LogP contribution is -1.71. The Morgan fingerprint density at radius 3 is 2.89 bits per heavy atom. The van der Waals surface area contributed by atoms with Crippen LogP contribution in [0.4, 0.5) is 0 Å². The number of halogens is 1. The number of hydrogen-bond donors (Lipinski definition) is 0. The first-order valence-electron chi connectivity index (χ1n) is 2.38. The molecule has 1 aromatic heterocycles. The van der Waals surface area contributed by atoms with E-state index in [0.717, 1.165) is 10.0 Å². The van der Waals surface area contributed by atoms with Crippen LogP contribution in [0.15, 0.2) is 15.2 Å². The summed E-state index contributed by atoms with van der Waals surface area (Å²) in [6.07, 6.45) is 0. The summed E-state index contributed by atoms with van der Waals surface area (Å²) >= 11 is 4.95. The smallest absolute Gasteiger partial charge is 0.241 e. The second kappa shape index (κ2) is 3.00. The molecule has 0 aliphatic heterocycles. The number of hydrogen-bond acceptors (Lipinski definition) is 1. The van der Waals surface area contributed by atoms with Crippen molar-refractivity contribution in [2.45, 2.75) is 6.54 Å². The molecule has 0 fully saturated rings. The quantitative estimate of drug-likeness (QED) is 0.616. The first kappa shape index (κ1) is 6.79. The minimum atomic E-state index is 0.490. The molecule has 0 aliphatic rings. The van der Waals surface area contributed by atoms with Crippen molar-refractivity contribution in [1.29, 1.82) is 0 Å². The van der Waals surface area contributed by atoms with Crippen LogP contribution in [0.1, 0.15) is 5.56 Å². The van der Waals surface area contributed by atoms with Crippen molar-refractivity contribution in [3.05, 3.63) is 32.2 Å². The largest absolute Gasteiger partial charge is 0.312 e. The molecule has 0 aromatic carbocycles. The number of thiophene rings is 1. The molecule has 1 heterocycles. The van der Waals surface area contributed by atoms with Gasteiger partial charge in [0.05, 0.1) is 5.56 Å². The molecule has 0 N–H and O–H groups in total. The van der Waals surface area contributed by atoms with Gasteiger partial charge in [-0.05, 0) is 15.9 Å². The summed E-state index contributed by atoms with van der Waals surface area (Å²) in [5, 5.41) is 3.97. The predicted octanol–water partition coefficient (Wildman–Crippen LogP) is 2.93. The van der Waals surface area contributed by atoms with Crippen LogP contribution in [0.2, 0.25) is 0 Å². The van der Waals surface area contributed by atoms with Gasteiger partial charge in [0.25, 0.3) is 0 Å². The lowest BCUT2D eigenvalue weighted by Gasteiger charge is -1.81. The molecule has 0 saturated carbocycles. The highest BCUT2D eigenvalue weighted by Crippen LogP contribution is 2.21. The Hall–Kier alpha value is -0.330. The second-order valence-electron chi connectivity index (χ2n) is 1.56. The highest BCUT2D eigenvalue weighted by molar-refractivity contribution is 9.10.